The second-order valence-corrected chi connectivity index (χ2v) is 9.21. The molecule has 3 heterocycles. The molecule has 2 aliphatic heterocycles. The van der Waals surface area contributed by atoms with Crippen molar-refractivity contribution in [2.75, 3.05) is 33.2 Å². The third kappa shape index (κ3) is 6.85. The summed E-state index contributed by atoms with van der Waals surface area (Å²) >= 11 is 1.48. The summed E-state index contributed by atoms with van der Waals surface area (Å²) in [5.41, 5.74) is 7.40. The number of piperidine rings is 2. The number of nitrogens with zero attached hydrogens (tertiary/aromatic N) is 3. The number of guanidine groups is 1. The molecule has 31 heavy (non-hydrogen) atoms. The summed E-state index contributed by atoms with van der Waals surface area (Å²) in [5, 5.41) is 7.24. The Morgan fingerprint density at radius 3 is 2.71 bits per heavy atom. The molecule has 4 rings (SSSR count). The average molecular weight is 443 g/mol. The number of aliphatic imine (C=N–C) groups is 1. The molecular formula is C23H34N6OS. The Balaban J connectivity index is 0.000000287. The lowest BCUT2D eigenvalue weighted by Crippen LogP contribution is -2.42. The van der Waals surface area contributed by atoms with E-state index in [0.717, 1.165) is 60.9 Å². The highest BCUT2D eigenvalue weighted by Crippen LogP contribution is 2.26. The molecule has 1 unspecified atom stereocenters. The number of nitrogens with two attached hydrogens (primary N) is 1. The minimum Gasteiger partial charge on any atom is -0.370 e. The van der Waals surface area contributed by atoms with E-state index in [9.17, 15) is 4.79 Å². The Hall–Kier alpha value is -2.29. The predicted octanol–water partition coefficient (Wildman–Crippen LogP) is 2.84. The van der Waals surface area contributed by atoms with Gasteiger partial charge in [0.1, 0.15) is 5.01 Å². The van der Waals surface area contributed by atoms with Gasteiger partial charge in [-0.05, 0) is 57.3 Å². The topological polar surface area (TPSA) is 95.6 Å². The Labute approximate surface area is 188 Å². The zero-order valence-electron chi connectivity index (χ0n) is 18.5. The molecule has 8 heteroatoms. The number of aromatic nitrogens is 1. The average Bonchev–Trinajstić information content (AvgIpc) is 3.25. The molecule has 1 aromatic heterocycles. The lowest BCUT2D eigenvalue weighted by atomic mass is 10.00. The number of likely N-dealkylation sites (N-methyl/N-ethyl adjacent to an activating group) is 1. The van der Waals surface area contributed by atoms with E-state index >= 15 is 0 Å². The minimum absolute atomic E-state index is 0.458. The standard InChI is InChI=1S/C17H20N4OS.C6H14N2/c1-12-6-8-21(9-7-12)17(18)19-10-13(11-22)16-20-14-4-2-3-5-15(14)23-16;1-7-6-3-2-4-8-5-6/h2-5,10-12H,6-9H2,1H3,(H2,18,19);6-8H,2-5H2,1H3/b13-10+;. The largest absolute Gasteiger partial charge is 0.370 e. The summed E-state index contributed by atoms with van der Waals surface area (Å²) in [4.78, 5) is 22.2. The highest BCUT2D eigenvalue weighted by Gasteiger charge is 2.17. The van der Waals surface area contributed by atoms with Crippen molar-refractivity contribution in [3.8, 4) is 0 Å². The third-order valence-electron chi connectivity index (χ3n) is 5.82. The van der Waals surface area contributed by atoms with Crippen LogP contribution in [0.5, 0.6) is 0 Å². The first-order valence-corrected chi connectivity index (χ1v) is 11.9. The van der Waals surface area contributed by atoms with E-state index in [-0.39, 0.29) is 0 Å². The molecule has 0 saturated carbocycles. The SMILES string of the molecule is CC1CCN(C(N)=N/C=C(\C=O)c2nc3ccccc3s2)CC1.CNC1CCCNC1. The summed E-state index contributed by atoms with van der Waals surface area (Å²) in [6.07, 6.45) is 7.22. The van der Waals surface area contributed by atoms with Crippen LogP contribution in [-0.2, 0) is 4.79 Å². The first-order valence-electron chi connectivity index (χ1n) is 11.1. The van der Waals surface area contributed by atoms with Crippen LogP contribution in [-0.4, -0.2) is 61.4 Å². The van der Waals surface area contributed by atoms with Crippen molar-refractivity contribution in [2.45, 2.75) is 38.6 Å². The second kappa shape index (κ2) is 11.9. The minimum atomic E-state index is 0.458. The lowest BCUT2D eigenvalue weighted by Gasteiger charge is -2.30. The highest BCUT2D eigenvalue weighted by atomic mass is 32.1. The second-order valence-electron chi connectivity index (χ2n) is 8.18. The van der Waals surface area contributed by atoms with Gasteiger partial charge in [0.2, 0.25) is 0 Å². The fourth-order valence-corrected chi connectivity index (χ4v) is 4.62. The molecule has 0 spiro atoms. The van der Waals surface area contributed by atoms with Crippen LogP contribution in [0.15, 0.2) is 35.5 Å². The number of fused-ring (bicyclic) bond motifs is 1. The maximum Gasteiger partial charge on any atom is 0.195 e. The fraction of sp³-hybridized carbons (Fsp3) is 0.522. The van der Waals surface area contributed by atoms with Crippen LogP contribution >= 0.6 is 11.3 Å². The zero-order chi connectivity index (χ0) is 22.1. The van der Waals surface area contributed by atoms with Gasteiger partial charge in [0.15, 0.2) is 12.2 Å². The number of rotatable bonds is 4. The molecule has 2 fully saturated rings. The lowest BCUT2D eigenvalue weighted by molar-refractivity contribution is -0.103. The first kappa shape index (κ1) is 23.4. The van der Waals surface area contributed by atoms with E-state index in [0.29, 0.717) is 16.5 Å². The van der Waals surface area contributed by atoms with Gasteiger partial charge in [0.25, 0.3) is 0 Å². The molecule has 7 nitrogen and oxygen atoms in total. The van der Waals surface area contributed by atoms with Crippen molar-refractivity contribution in [3.63, 3.8) is 0 Å². The number of carbonyl (C=O) groups is 1. The molecule has 168 valence electrons. The van der Waals surface area contributed by atoms with E-state index in [1.54, 1.807) is 0 Å². The van der Waals surface area contributed by atoms with Crippen molar-refractivity contribution in [1.82, 2.24) is 20.5 Å². The van der Waals surface area contributed by atoms with Crippen LogP contribution < -0.4 is 16.4 Å². The van der Waals surface area contributed by atoms with Crippen molar-refractivity contribution in [1.29, 1.82) is 0 Å². The number of aldehydes is 1. The Morgan fingerprint density at radius 1 is 1.32 bits per heavy atom. The van der Waals surface area contributed by atoms with E-state index in [1.807, 2.05) is 31.3 Å². The van der Waals surface area contributed by atoms with E-state index in [4.69, 9.17) is 5.73 Å². The number of hydrogen-bond donors (Lipinski definition) is 3. The van der Waals surface area contributed by atoms with Gasteiger partial charge in [-0.15, -0.1) is 11.3 Å². The van der Waals surface area contributed by atoms with E-state index in [1.165, 1.54) is 36.9 Å². The van der Waals surface area contributed by atoms with Crippen molar-refractivity contribution >= 4 is 39.4 Å². The quantitative estimate of drug-likeness (QED) is 0.292. The Morgan fingerprint density at radius 2 is 2.10 bits per heavy atom. The van der Waals surface area contributed by atoms with Crippen molar-refractivity contribution in [2.24, 2.45) is 16.6 Å². The molecular weight excluding hydrogens is 408 g/mol. The van der Waals surface area contributed by atoms with Crippen LogP contribution in [0.4, 0.5) is 0 Å². The number of benzene rings is 1. The molecule has 2 aliphatic rings. The fourth-order valence-electron chi connectivity index (χ4n) is 3.68. The number of nitrogens with one attached hydrogen (secondary N) is 2. The van der Waals surface area contributed by atoms with E-state index in [2.05, 4.69) is 32.4 Å². The highest BCUT2D eigenvalue weighted by molar-refractivity contribution is 7.19. The molecule has 0 aliphatic carbocycles. The normalized spacial score (nSPS) is 21.0. The summed E-state index contributed by atoms with van der Waals surface area (Å²) < 4.78 is 1.05. The molecule has 4 N–H and O–H groups in total. The van der Waals surface area contributed by atoms with Gasteiger partial charge in [-0.2, -0.15) is 0 Å². The van der Waals surface area contributed by atoms with Gasteiger partial charge in [0, 0.05) is 31.9 Å². The van der Waals surface area contributed by atoms with Gasteiger partial charge >= 0.3 is 0 Å². The number of carbonyl (C=O) groups excluding carboxylic acids is 1. The van der Waals surface area contributed by atoms with Gasteiger partial charge in [-0.1, -0.05) is 19.1 Å². The first-order chi connectivity index (χ1) is 15.1. The molecule has 2 saturated heterocycles. The number of allylic oxidation sites excluding steroid dienone is 1. The van der Waals surface area contributed by atoms with Crippen molar-refractivity contribution < 1.29 is 4.79 Å². The monoisotopic (exact) mass is 442 g/mol. The van der Waals surface area contributed by atoms with Crippen molar-refractivity contribution in [3.05, 3.63) is 35.5 Å². The van der Waals surface area contributed by atoms with Crippen LogP contribution in [0.2, 0.25) is 0 Å². The number of hydrogen-bond acceptors (Lipinski definition) is 6. The maximum absolute atomic E-state index is 11.4. The van der Waals surface area contributed by atoms with Gasteiger partial charge < -0.3 is 21.3 Å². The van der Waals surface area contributed by atoms with Crippen LogP contribution in [0.3, 0.4) is 0 Å². The Kier molecular flexibility index (Phi) is 8.99. The summed E-state index contributed by atoms with van der Waals surface area (Å²) in [6.45, 7) is 6.45. The van der Waals surface area contributed by atoms with Crippen LogP contribution in [0, 0.1) is 5.92 Å². The van der Waals surface area contributed by atoms with Gasteiger partial charge in [-0.3, -0.25) is 4.79 Å². The van der Waals surface area contributed by atoms with Crippen LogP contribution in [0.1, 0.15) is 37.6 Å². The number of para-hydroxylation sites is 1. The van der Waals surface area contributed by atoms with Gasteiger partial charge in [-0.25, -0.2) is 9.98 Å². The zero-order valence-corrected chi connectivity index (χ0v) is 19.3. The molecule has 0 amide bonds. The molecule has 0 bridgehead atoms. The number of thiazole rings is 1. The molecule has 1 atom stereocenters. The van der Waals surface area contributed by atoms with Crippen LogP contribution in [0.25, 0.3) is 15.8 Å². The third-order valence-corrected chi connectivity index (χ3v) is 6.90. The molecule has 0 radical (unpaired) electrons. The molecule has 2 aromatic rings. The summed E-state index contributed by atoms with van der Waals surface area (Å²) in [6, 6.07) is 8.55. The van der Waals surface area contributed by atoms with Gasteiger partial charge in [0.05, 0.1) is 15.8 Å². The molecule has 1 aromatic carbocycles. The predicted molar refractivity (Wildman–Crippen MR) is 130 cm³/mol. The van der Waals surface area contributed by atoms with E-state index < -0.39 is 0 Å². The summed E-state index contributed by atoms with van der Waals surface area (Å²) in [5.74, 6) is 1.21. The smallest absolute Gasteiger partial charge is 0.195 e. The maximum atomic E-state index is 11.4. The summed E-state index contributed by atoms with van der Waals surface area (Å²) in [7, 11) is 2.03. The Bertz CT molecular complexity index is 861. The number of likely N-dealkylation sites (tertiary alicyclic amines) is 1.